The molecule has 3 aromatic carbocycles. The highest BCUT2D eigenvalue weighted by Gasteiger charge is 2.29. The quantitative estimate of drug-likeness (QED) is 0.452. The van der Waals surface area contributed by atoms with Crippen molar-refractivity contribution in [2.75, 3.05) is 32.2 Å². The third kappa shape index (κ3) is 5.86. The summed E-state index contributed by atoms with van der Waals surface area (Å²) in [5, 5.41) is 2.87. The molecule has 0 spiro atoms. The average Bonchev–Trinajstić information content (AvgIpc) is 2.86. The molecule has 0 radical (unpaired) electrons. The molecule has 9 heteroatoms. The van der Waals surface area contributed by atoms with Gasteiger partial charge in [0.05, 0.1) is 38.0 Å². The summed E-state index contributed by atoms with van der Waals surface area (Å²) in [5.41, 5.74) is 1.97. The molecule has 0 bridgehead atoms. The number of ether oxygens (including phenoxy) is 3. The van der Waals surface area contributed by atoms with Gasteiger partial charge >= 0.3 is 0 Å². The van der Waals surface area contributed by atoms with Crippen LogP contribution in [0.15, 0.2) is 71.6 Å². The first kappa shape index (κ1) is 25.9. The Morgan fingerprint density at radius 1 is 0.886 bits per heavy atom. The number of nitrogens with one attached hydrogen (secondary N) is 1. The van der Waals surface area contributed by atoms with E-state index in [1.807, 2.05) is 13.0 Å². The van der Waals surface area contributed by atoms with Crippen LogP contribution in [0, 0.1) is 6.92 Å². The van der Waals surface area contributed by atoms with E-state index in [1.54, 1.807) is 62.6 Å². The minimum atomic E-state index is -4.06. The Kier molecular flexibility index (Phi) is 8.24. The summed E-state index contributed by atoms with van der Waals surface area (Å²) >= 11 is 0. The molecule has 1 unspecified atom stereocenters. The Morgan fingerprint density at radius 2 is 1.51 bits per heavy atom. The summed E-state index contributed by atoms with van der Waals surface area (Å²) in [6.45, 7) is 3.24. The van der Waals surface area contributed by atoms with E-state index in [0.717, 1.165) is 15.4 Å². The lowest BCUT2D eigenvalue weighted by Gasteiger charge is -2.26. The molecule has 0 aliphatic carbocycles. The molecule has 35 heavy (non-hydrogen) atoms. The number of para-hydroxylation sites is 2. The molecule has 0 fully saturated rings. The van der Waals surface area contributed by atoms with Crippen LogP contribution in [0.1, 0.15) is 24.1 Å². The summed E-state index contributed by atoms with van der Waals surface area (Å²) in [6.07, 6.45) is 0. The normalized spacial score (nSPS) is 11.9. The first-order valence-corrected chi connectivity index (χ1v) is 12.4. The molecule has 1 amide bonds. The van der Waals surface area contributed by atoms with Crippen molar-refractivity contribution >= 4 is 21.6 Å². The number of hydrogen-bond acceptors (Lipinski definition) is 6. The Bertz CT molecular complexity index is 1280. The first-order chi connectivity index (χ1) is 16.7. The van der Waals surface area contributed by atoms with Gasteiger partial charge in [-0.2, -0.15) is 0 Å². The first-order valence-electron chi connectivity index (χ1n) is 10.9. The maximum absolute atomic E-state index is 13.6. The number of nitrogens with zero attached hydrogens (tertiary/aromatic N) is 1. The number of methoxy groups -OCH3 is 3. The van der Waals surface area contributed by atoms with Crippen molar-refractivity contribution in [3.8, 4) is 17.2 Å². The fourth-order valence-electron chi connectivity index (χ4n) is 3.60. The molecule has 0 aliphatic heterocycles. The van der Waals surface area contributed by atoms with Crippen molar-refractivity contribution in [3.63, 3.8) is 0 Å². The fraction of sp³-hybridized carbons (Fsp3) is 0.269. The van der Waals surface area contributed by atoms with Crippen LogP contribution in [-0.4, -0.2) is 42.2 Å². The maximum atomic E-state index is 13.6. The van der Waals surface area contributed by atoms with Gasteiger partial charge in [-0.15, -0.1) is 0 Å². The lowest BCUT2D eigenvalue weighted by Crippen LogP contribution is -2.41. The molecule has 0 saturated carbocycles. The van der Waals surface area contributed by atoms with E-state index in [0.29, 0.717) is 17.2 Å². The molecule has 3 rings (SSSR count). The summed E-state index contributed by atoms with van der Waals surface area (Å²) in [6, 6.07) is 18.1. The van der Waals surface area contributed by atoms with Gasteiger partial charge in [0.1, 0.15) is 12.3 Å². The van der Waals surface area contributed by atoms with Gasteiger partial charge in [-0.3, -0.25) is 9.10 Å². The fourth-order valence-corrected chi connectivity index (χ4v) is 5.03. The van der Waals surface area contributed by atoms with Crippen molar-refractivity contribution in [1.82, 2.24) is 5.32 Å². The molecule has 1 atom stereocenters. The van der Waals surface area contributed by atoms with Gasteiger partial charge in [0.15, 0.2) is 11.5 Å². The monoisotopic (exact) mass is 498 g/mol. The number of aryl methyl sites for hydroxylation is 1. The van der Waals surface area contributed by atoms with E-state index >= 15 is 0 Å². The summed E-state index contributed by atoms with van der Waals surface area (Å²) < 4.78 is 44.3. The predicted octanol–water partition coefficient (Wildman–Crippen LogP) is 4.09. The van der Waals surface area contributed by atoms with Crippen LogP contribution in [0.25, 0.3) is 0 Å². The Morgan fingerprint density at radius 3 is 2.14 bits per heavy atom. The molecule has 0 aliphatic rings. The van der Waals surface area contributed by atoms with Crippen molar-refractivity contribution in [2.24, 2.45) is 0 Å². The van der Waals surface area contributed by atoms with E-state index in [1.165, 1.54) is 26.4 Å². The molecular formula is C26H30N2O6S. The standard InChI is InChI=1S/C26H30N2O6S/c1-18-10-13-21(14-11-18)35(30,31)28(22-8-6-7-9-23(22)32-3)17-26(29)27-19(2)20-12-15-24(33-4)25(16-20)34-5/h6-16,19H,17H2,1-5H3,(H,27,29). The predicted molar refractivity (Wildman–Crippen MR) is 135 cm³/mol. The zero-order chi connectivity index (χ0) is 25.6. The number of sulfonamides is 1. The molecule has 0 aromatic heterocycles. The van der Waals surface area contributed by atoms with Crippen LogP contribution in [-0.2, 0) is 14.8 Å². The van der Waals surface area contributed by atoms with Crippen LogP contribution < -0.4 is 23.8 Å². The summed E-state index contributed by atoms with van der Waals surface area (Å²) in [4.78, 5) is 13.2. The number of benzene rings is 3. The Balaban J connectivity index is 1.92. The van der Waals surface area contributed by atoms with Crippen molar-refractivity contribution in [3.05, 3.63) is 77.9 Å². The molecule has 0 saturated heterocycles. The average molecular weight is 499 g/mol. The van der Waals surface area contributed by atoms with Gasteiger partial charge in [-0.1, -0.05) is 35.9 Å². The van der Waals surface area contributed by atoms with E-state index in [4.69, 9.17) is 14.2 Å². The molecule has 0 heterocycles. The van der Waals surface area contributed by atoms with Gasteiger partial charge in [0.25, 0.3) is 10.0 Å². The van der Waals surface area contributed by atoms with Gasteiger partial charge < -0.3 is 19.5 Å². The second-order valence-electron chi connectivity index (χ2n) is 7.90. The van der Waals surface area contributed by atoms with Crippen molar-refractivity contribution in [2.45, 2.75) is 24.8 Å². The number of rotatable bonds is 10. The smallest absolute Gasteiger partial charge is 0.264 e. The van der Waals surface area contributed by atoms with E-state index in [9.17, 15) is 13.2 Å². The molecule has 186 valence electrons. The highest BCUT2D eigenvalue weighted by Crippen LogP contribution is 2.33. The zero-order valence-electron chi connectivity index (χ0n) is 20.4. The van der Waals surface area contributed by atoms with E-state index < -0.39 is 28.5 Å². The minimum Gasteiger partial charge on any atom is -0.495 e. The number of carbonyl (C=O) groups is 1. The SMILES string of the molecule is COc1ccc(C(C)NC(=O)CN(c2ccccc2OC)S(=O)(=O)c2ccc(C)cc2)cc1OC. The lowest BCUT2D eigenvalue weighted by atomic mass is 10.1. The number of carbonyl (C=O) groups excluding carboxylic acids is 1. The Hall–Kier alpha value is -3.72. The number of hydrogen-bond donors (Lipinski definition) is 1. The largest absolute Gasteiger partial charge is 0.495 e. The maximum Gasteiger partial charge on any atom is 0.264 e. The van der Waals surface area contributed by atoms with Gasteiger partial charge in [0.2, 0.25) is 5.91 Å². The van der Waals surface area contributed by atoms with Crippen LogP contribution >= 0.6 is 0 Å². The number of anilines is 1. The van der Waals surface area contributed by atoms with Gasteiger partial charge in [-0.05, 0) is 55.8 Å². The van der Waals surface area contributed by atoms with Crippen LogP contribution in [0.4, 0.5) is 5.69 Å². The lowest BCUT2D eigenvalue weighted by molar-refractivity contribution is -0.120. The van der Waals surface area contributed by atoms with Gasteiger partial charge in [-0.25, -0.2) is 8.42 Å². The summed E-state index contributed by atoms with van der Waals surface area (Å²) in [5.74, 6) is 0.961. The third-order valence-electron chi connectivity index (χ3n) is 5.54. The highest BCUT2D eigenvalue weighted by molar-refractivity contribution is 7.92. The zero-order valence-corrected chi connectivity index (χ0v) is 21.3. The highest BCUT2D eigenvalue weighted by atomic mass is 32.2. The van der Waals surface area contributed by atoms with Crippen LogP contribution in [0.3, 0.4) is 0 Å². The van der Waals surface area contributed by atoms with E-state index in [2.05, 4.69) is 5.32 Å². The van der Waals surface area contributed by atoms with Crippen LogP contribution in [0.2, 0.25) is 0 Å². The summed E-state index contributed by atoms with van der Waals surface area (Å²) in [7, 11) is 0.469. The molecule has 1 N–H and O–H groups in total. The minimum absolute atomic E-state index is 0.0785. The third-order valence-corrected chi connectivity index (χ3v) is 7.31. The molecule has 3 aromatic rings. The Labute approximate surface area is 206 Å². The number of amides is 1. The second kappa shape index (κ2) is 11.1. The van der Waals surface area contributed by atoms with Crippen LogP contribution in [0.5, 0.6) is 17.2 Å². The molecule has 8 nitrogen and oxygen atoms in total. The molecular weight excluding hydrogens is 468 g/mol. The van der Waals surface area contributed by atoms with Crippen molar-refractivity contribution in [1.29, 1.82) is 0 Å². The van der Waals surface area contributed by atoms with Gasteiger partial charge in [0, 0.05) is 0 Å². The van der Waals surface area contributed by atoms with Crippen molar-refractivity contribution < 1.29 is 27.4 Å². The topological polar surface area (TPSA) is 94.2 Å². The second-order valence-corrected chi connectivity index (χ2v) is 9.76. The van der Waals surface area contributed by atoms with E-state index in [-0.39, 0.29) is 10.6 Å².